The van der Waals surface area contributed by atoms with Gasteiger partial charge in [-0.3, -0.25) is 0 Å². The Balaban J connectivity index is 0.000000202. The Morgan fingerprint density at radius 3 is 2.06 bits per heavy atom. The Morgan fingerprint density at radius 2 is 1.39 bits per heavy atom. The van der Waals surface area contributed by atoms with Crippen LogP contribution >= 0.6 is 0 Å². The summed E-state index contributed by atoms with van der Waals surface area (Å²) in [7, 11) is 0. The summed E-state index contributed by atoms with van der Waals surface area (Å²) < 4.78 is 0. The summed E-state index contributed by atoms with van der Waals surface area (Å²) in [4.78, 5) is 8.59. The fourth-order valence-electron chi connectivity index (χ4n) is 3.12. The molecule has 1 radical (unpaired) electrons. The van der Waals surface area contributed by atoms with E-state index in [0.29, 0.717) is 5.56 Å². The van der Waals surface area contributed by atoms with Crippen LogP contribution < -0.4 is 0 Å². The van der Waals surface area contributed by atoms with Gasteiger partial charge >= 0.3 is 0 Å². The zero-order valence-corrected chi connectivity index (χ0v) is 20.0. The van der Waals surface area contributed by atoms with Crippen LogP contribution in [0.15, 0.2) is 116 Å². The van der Waals surface area contributed by atoms with Crippen LogP contribution in [0.25, 0.3) is 33.6 Å². The number of pyridine rings is 2. The van der Waals surface area contributed by atoms with E-state index in [2.05, 4.69) is 40.3 Å². The Labute approximate surface area is 207 Å². The Kier molecular flexibility index (Phi) is 8.79. The molecule has 0 unspecified atom stereocenters. The monoisotopic (exact) mass is 602 g/mol. The molecule has 0 N–H and O–H groups in total. The molecule has 5 rings (SSSR count). The average Bonchev–Trinajstić information content (AvgIpc) is 2.91. The van der Waals surface area contributed by atoms with Gasteiger partial charge in [0.25, 0.3) is 0 Å². The van der Waals surface area contributed by atoms with E-state index in [1.807, 2.05) is 78.9 Å². The number of hydrogen-bond donors (Lipinski definition) is 0. The van der Waals surface area contributed by atoms with Crippen molar-refractivity contribution in [2.45, 2.75) is 0 Å². The molecule has 0 bridgehead atoms. The molecule has 5 aromatic rings. The molecule has 4 heteroatoms. The van der Waals surface area contributed by atoms with E-state index < -0.39 is 0 Å². The second kappa shape index (κ2) is 12.2. The van der Waals surface area contributed by atoms with Crippen molar-refractivity contribution < 1.29 is 20.1 Å². The third kappa shape index (κ3) is 6.54. The Bertz CT molecular complexity index is 1260. The number of nitriles is 1. The van der Waals surface area contributed by atoms with Gasteiger partial charge in [0.2, 0.25) is 0 Å². The summed E-state index contributed by atoms with van der Waals surface area (Å²) in [5.74, 6) is 0. The Morgan fingerprint density at radius 1 is 0.636 bits per heavy atom. The first-order valence-corrected chi connectivity index (χ1v) is 10.2. The minimum absolute atomic E-state index is 0. The van der Waals surface area contributed by atoms with E-state index in [4.69, 9.17) is 5.26 Å². The van der Waals surface area contributed by atoms with E-state index in [0.717, 1.165) is 33.6 Å². The van der Waals surface area contributed by atoms with Crippen LogP contribution in [-0.2, 0) is 20.1 Å². The van der Waals surface area contributed by atoms with Gasteiger partial charge in [-0.15, -0.1) is 65.7 Å². The van der Waals surface area contributed by atoms with Gasteiger partial charge in [-0.05, 0) is 40.2 Å². The average molecular weight is 602 g/mol. The molecule has 3 aromatic carbocycles. The fourth-order valence-corrected chi connectivity index (χ4v) is 3.12. The van der Waals surface area contributed by atoms with Crippen LogP contribution in [0.1, 0.15) is 5.56 Å². The molecule has 0 aliphatic carbocycles. The summed E-state index contributed by atoms with van der Waals surface area (Å²) in [6, 6.07) is 41.5. The standard InChI is InChI=1S/C18H11N2.C11H8N.Ir/c19-13-14-6-8-16(9-7-14)18-12-17(10-11-20-18)15-4-2-1-3-5-15;1-2-6-10(7-3-1)11-8-4-5-9-12-11;/h1-8,10-12H;1-6,8-9H;/q2*-1;. The molecule has 0 spiro atoms. The number of aromatic nitrogens is 2. The van der Waals surface area contributed by atoms with Gasteiger partial charge in [0, 0.05) is 38.6 Å². The largest absolute Gasteiger partial charge is 0.305 e. The molecule has 0 aliphatic heterocycles. The van der Waals surface area contributed by atoms with Gasteiger partial charge in [0.15, 0.2) is 0 Å². The maximum absolute atomic E-state index is 8.81. The predicted molar refractivity (Wildman–Crippen MR) is 127 cm³/mol. The molecule has 2 heterocycles. The number of nitrogens with zero attached hydrogens (tertiary/aromatic N) is 3. The molecule has 2 aromatic heterocycles. The van der Waals surface area contributed by atoms with Gasteiger partial charge in [-0.1, -0.05) is 48.5 Å². The number of rotatable bonds is 3. The molecular weight excluding hydrogens is 583 g/mol. The maximum Gasteiger partial charge on any atom is 0.0476 e. The second-order valence-electron chi connectivity index (χ2n) is 6.89. The van der Waals surface area contributed by atoms with Gasteiger partial charge in [0.05, 0.1) is 0 Å². The zero-order chi connectivity index (χ0) is 22.0. The molecule has 0 amide bonds. The second-order valence-corrected chi connectivity index (χ2v) is 6.89. The number of benzene rings is 3. The molecule has 0 fully saturated rings. The Hall–Kier alpha value is -3.90. The molecular formula is C29H19IrN3-2. The minimum atomic E-state index is 0. The van der Waals surface area contributed by atoms with Crippen molar-refractivity contribution in [2.24, 2.45) is 0 Å². The first-order valence-electron chi connectivity index (χ1n) is 10.2. The van der Waals surface area contributed by atoms with Crippen LogP contribution in [-0.4, -0.2) is 9.97 Å². The number of hydrogen-bond acceptors (Lipinski definition) is 3. The first-order chi connectivity index (χ1) is 15.8. The van der Waals surface area contributed by atoms with Crippen molar-refractivity contribution in [3.63, 3.8) is 0 Å². The van der Waals surface area contributed by atoms with E-state index in [-0.39, 0.29) is 20.1 Å². The molecule has 0 saturated heterocycles. The normalized spacial score (nSPS) is 9.55. The molecule has 0 saturated carbocycles. The summed E-state index contributed by atoms with van der Waals surface area (Å²) in [5.41, 5.74) is 6.64. The van der Waals surface area contributed by atoms with Crippen LogP contribution in [0.3, 0.4) is 0 Å². The van der Waals surface area contributed by atoms with Gasteiger partial charge < -0.3 is 9.97 Å². The predicted octanol–water partition coefficient (Wildman–Crippen LogP) is 6.63. The summed E-state index contributed by atoms with van der Waals surface area (Å²) in [6.45, 7) is 0. The van der Waals surface area contributed by atoms with Gasteiger partial charge in [-0.2, -0.15) is 0 Å². The van der Waals surface area contributed by atoms with Crippen LogP contribution in [0.2, 0.25) is 0 Å². The molecule has 33 heavy (non-hydrogen) atoms. The van der Waals surface area contributed by atoms with E-state index in [9.17, 15) is 0 Å². The van der Waals surface area contributed by atoms with Gasteiger partial charge in [0.1, 0.15) is 0 Å². The quantitative estimate of drug-likeness (QED) is 0.218. The first kappa shape index (κ1) is 23.8. The van der Waals surface area contributed by atoms with Crippen molar-refractivity contribution in [3.05, 3.63) is 133 Å². The van der Waals surface area contributed by atoms with Crippen LogP contribution in [0.4, 0.5) is 0 Å². The smallest absolute Gasteiger partial charge is 0.0476 e. The van der Waals surface area contributed by atoms with Crippen LogP contribution in [0.5, 0.6) is 0 Å². The summed E-state index contributed by atoms with van der Waals surface area (Å²) >= 11 is 0. The SMILES string of the molecule is N#Cc1c[c-]c(-c2cc(-c3ccccc3)ccn2)cc1.[Ir].[c-]1ccccc1-c1ccccn1. The summed E-state index contributed by atoms with van der Waals surface area (Å²) in [6.07, 6.45) is 3.58. The van der Waals surface area contributed by atoms with Crippen molar-refractivity contribution in [1.82, 2.24) is 9.97 Å². The van der Waals surface area contributed by atoms with Crippen molar-refractivity contribution in [3.8, 4) is 39.7 Å². The van der Waals surface area contributed by atoms with E-state index in [1.54, 1.807) is 24.5 Å². The minimum Gasteiger partial charge on any atom is -0.305 e. The zero-order valence-electron chi connectivity index (χ0n) is 17.6. The van der Waals surface area contributed by atoms with Crippen LogP contribution in [0, 0.1) is 23.5 Å². The third-order valence-electron chi connectivity index (χ3n) is 4.73. The van der Waals surface area contributed by atoms with Gasteiger partial charge in [-0.25, -0.2) is 5.26 Å². The molecule has 0 aliphatic rings. The summed E-state index contributed by atoms with van der Waals surface area (Å²) in [5, 5.41) is 8.81. The van der Waals surface area contributed by atoms with Crippen molar-refractivity contribution >= 4 is 0 Å². The third-order valence-corrected chi connectivity index (χ3v) is 4.73. The topological polar surface area (TPSA) is 49.6 Å². The molecule has 3 nitrogen and oxygen atoms in total. The molecule has 161 valence electrons. The maximum atomic E-state index is 8.81. The molecule has 0 atom stereocenters. The van der Waals surface area contributed by atoms with E-state index >= 15 is 0 Å². The fraction of sp³-hybridized carbons (Fsp3) is 0. The van der Waals surface area contributed by atoms with Crippen molar-refractivity contribution in [2.75, 3.05) is 0 Å². The van der Waals surface area contributed by atoms with E-state index in [1.165, 1.54) is 0 Å². The van der Waals surface area contributed by atoms with Crippen molar-refractivity contribution in [1.29, 1.82) is 5.26 Å².